The van der Waals surface area contributed by atoms with Crippen molar-refractivity contribution in [3.05, 3.63) is 29.3 Å². The lowest BCUT2D eigenvalue weighted by molar-refractivity contribution is -0.116. The van der Waals surface area contributed by atoms with E-state index in [1.807, 2.05) is 12.1 Å². The van der Waals surface area contributed by atoms with E-state index in [1.165, 1.54) is 12.8 Å². The Hall–Kier alpha value is -1.10. The third kappa shape index (κ3) is 5.95. The lowest BCUT2D eigenvalue weighted by atomic mass is 9.96. The highest BCUT2D eigenvalue weighted by molar-refractivity contribution is 6.30. The van der Waals surface area contributed by atoms with Crippen molar-refractivity contribution in [3.63, 3.8) is 0 Å². The van der Waals surface area contributed by atoms with Gasteiger partial charge < -0.3 is 15.5 Å². The number of hydrogen-bond donors (Lipinski definition) is 2. The second-order valence-electron chi connectivity index (χ2n) is 5.90. The number of benzene rings is 1. The highest BCUT2D eigenvalue weighted by Crippen LogP contribution is 2.17. The van der Waals surface area contributed by atoms with Gasteiger partial charge in [0, 0.05) is 23.7 Å². The molecular weight excluding hydrogens is 298 g/mol. The van der Waals surface area contributed by atoms with Crippen LogP contribution in [0.25, 0.3) is 0 Å². The van der Waals surface area contributed by atoms with Crippen molar-refractivity contribution in [1.29, 1.82) is 0 Å². The fraction of sp³-hybridized carbons (Fsp3) is 0.588. The Morgan fingerprint density at radius 1 is 1.36 bits per heavy atom. The molecule has 1 aromatic rings. The number of halogens is 1. The molecule has 122 valence electrons. The molecule has 0 bridgehead atoms. The number of rotatable bonds is 7. The second-order valence-corrected chi connectivity index (χ2v) is 6.34. The van der Waals surface area contributed by atoms with Crippen molar-refractivity contribution < 1.29 is 4.79 Å². The number of anilines is 1. The van der Waals surface area contributed by atoms with Gasteiger partial charge in [0.05, 0.1) is 0 Å². The van der Waals surface area contributed by atoms with Crippen LogP contribution >= 0.6 is 11.6 Å². The molecule has 0 unspecified atom stereocenters. The molecule has 1 amide bonds. The minimum absolute atomic E-state index is 0.0528. The Kier molecular flexibility index (Phi) is 7.16. The number of piperidine rings is 1. The first-order valence-electron chi connectivity index (χ1n) is 8.16. The molecule has 5 heteroatoms. The summed E-state index contributed by atoms with van der Waals surface area (Å²) in [5.41, 5.74) is 0.766. The van der Waals surface area contributed by atoms with Crippen molar-refractivity contribution in [3.8, 4) is 0 Å². The van der Waals surface area contributed by atoms with Crippen molar-refractivity contribution in [2.75, 3.05) is 38.0 Å². The van der Waals surface area contributed by atoms with Gasteiger partial charge in [-0.15, -0.1) is 0 Å². The number of nitrogens with zero attached hydrogens (tertiary/aromatic N) is 1. The lowest BCUT2D eigenvalue weighted by Crippen LogP contribution is -2.38. The van der Waals surface area contributed by atoms with E-state index in [1.54, 1.807) is 12.1 Å². The summed E-state index contributed by atoms with van der Waals surface area (Å²) in [5.74, 6) is 0.841. The molecule has 0 radical (unpaired) electrons. The van der Waals surface area contributed by atoms with Crippen LogP contribution in [0.4, 0.5) is 5.69 Å². The first kappa shape index (κ1) is 17.3. The predicted octanol–water partition coefficient (Wildman–Crippen LogP) is 2.99. The number of carbonyl (C=O) groups excluding carboxylic acids is 1. The first-order chi connectivity index (χ1) is 10.7. The fourth-order valence-corrected chi connectivity index (χ4v) is 3.00. The topological polar surface area (TPSA) is 44.4 Å². The summed E-state index contributed by atoms with van der Waals surface area (Å²) < 4.78 is 0. The first-order valence-corrected chi connectivity index (χ1v) is 8.53. The standard InChI is InChI=1S/C17H26ClN3O/c1-2-19-13-14-6-9-21(10-7-14)11-8-17(22)20-16-5-3-4-15(18)12-16/h3-5,12,14,19H,2,6-11,13H2,1H3,(H,20,22). The van der Waals surface area contributed by atoms with Crippen LogP contribution in [0.5, 0.6) is 0 Å². The van der Waals surface area contributed by atoms with Crippen LogP contribution in [0.1, 0.15) is 26.2 Å². The van der Waals surface area contributed by atoms with Crippen LogP contribution in [0.15, 0.2) is 24.3 Å². The maximum absolute atomic E-state index is 12.0. The van der Waals surface area contributed by atoms with Crippen molar-refractivity contribution in [2.24, 2.45) is 5.92 Å². The highest BCUT2D eigenvalue weighted by atomic mass is 35.5. The predicted molar refractivity (Wildman–Crippen MR) is 92.4 cm³/mol. The third-order valence-electron chi connectivity index (χ3n) is 4.15. The van der Waals surface area contributed by atoms with E-state index in [-0.39, 0.29) is 5.91 Å². The zero-order valence-corrected chi connectivity index (χ0v) is 14.0. The monoisotopic (exact) mass is 323 g/mol. The third-order valence-corrected chi connectivity index (χ3v) is 4.39. The molecule has 2 N–H and O–H groups in total. The molecule has 1 aliphatic heterocycles. The summed E-state index contributed by atoms with van der Waals surface area (Å²) in [4.78, 5) is 14.4. The molecule has 0 atom stereocenters. The smallest absolute Gasteiger partial charge is 0.225 e. The summed E-state index contributed by atoms with van der Waals surface area (Å²) in [6, 6.07) is 7.27. The van der Waals surface area contributed by atoms with Gasteiger partial charge in [-0.1, -0.05) is 24.6 Å². The SMILES string of the molecule is CCNCC1CCN(CCC(=O)Nc2cccc(Cl)c2)CC1. The number of nitrogens with one attached hydrogen (secondary N) is 2. The maximum Gasteiger partial charge on any atom is 0.225 e. The minimum Gasteiger partial charge on any atom is -0.326 e. The van der Waals surface area contributed by atoms with E-state index in [2.05, 4.69) is 22.5 Å². The fourth-order valence-electron chi connectivity index (χ4n) is 2.81. The molecule has 2 rings (SSSR count). The van der Waals surface area contributed by atoms with Gasteiger partial charge in [-0.3, -0.25) is 4.79 Å². The molecule has 22 heavy (non-hydrogen) atoms. The number of amides is 1. The molecule has 0 aromatic heterocycles. The normalized spacial score (nSPS) is 16.6. The molecule has 1 heterocycles. The lowest BCUT2D eigenvalue weighted by Gasteiger charge is -2.31. The number of likely N-dealkylation sites (tertiary alicyclic amines) is 1. The van der Waals surface area contributed by atoms with E-state index in [4.69, 9.17) is 11.6 Å². The zero-order valence-electron chi connectivity index (χ0n) is 13.3. The molecule has 1 fully saturated rings. The molecule has 1 aromatic carbocycles. The molecule has 0 saturated carbocycles. The Bertz CT molecular complexity index is 473. The average Bonchev–Trinajstić information content (AvgIpc) is 2.52. The van der Waals surface area contributed by atoms with E-state index in [0.29, 0.717) is 11.4 Å². The van der Waals surface area contributed by atoms with Crippen LogP contribution in [0.2, 0.25) is 5.02 Å². The van der Waals surface area contributed by atoms with Crippen LogP contribution in [0, 0.1) is 5.92 Å². The van der Waals surface area contributed by atoms with Crippen LogP contribution < -0.4 is 10.6 Å². The summed E-state index contributed by atoms with van der Waals surface area (Å²) >= 11 is 5.91. The van der Waals surface area contributed by atoms with Gasteiger partial charge >= 0.3 is 0 Å². The van der Waals surface area contributed by atoms with Crippen LogP contribution in [0.3, 0.4) is 0 Å². The molecule has 1 aliphatic rings. The molecule has 4 nitrogen and oxygen atoms in total. The van der Waals surface area contributed by atoms with Crippen molar-refractivity contribution >= 4 is 23.2 Å². The Morgan fingerprint density at radius 2 is 2.14 bits per heavy atom. The minimum atomic E-state index is 0.0528. The van der Waals surface area contributed by atoms with E-state index in [0.717, 1.165) is 44.3 Å². The average molecular weight is 324 g/mol. The van der Waals surface area contributed by atoms with Gasteiger partial charge in [0.25, 0.3) is 0 Å². The quantitative estimate of drug-likeness (QED) is 0.810. The molecule has 0 aliphatic carbocycles. The molecule has 0 spiro atoms. The maximum atomic E-state index is 12.0. The van der Waals surface area contributed by atoms with E-state index < -0.39 is 0 Å². The largest absolute Gasteiger partial charge is 0.326 e. The zero-order chi connectivity index (χ0) is 15.8. The van der Waals surface area contributed by atoms with Gasteiger partial charge in [-0.25, -0.2) is 0 Å². The van der Waals surface area contributed by atoms with E-state index >= 15 is 0 Å². The van der Waals surface area contributed by atoms with Gasteiger partial charge in [0.1, 0.15) is 0 Å². The second kappa shape index (κ2) is 9.13. The van der Waals surface area contributed by atoms with Gasteiger partial charge in [-0.05, 0) is 63.1 Å². The van der Waals surface area contributed by atoms with Crippen molar-refractivity contribution in [2.45, 2.75) is 26.2 Å². The van der Waals surface area contributed by atoms with Gasteiger partial charge in [-0.2, -0.15) is 0 Å². The highest BCUT2D eigenvalue weighted by Gasteiger charge is 2.19. The summed E-state index contributed by atoms with van der Waals surface area (Å²) in [6.07, 6.45) is 2.98. The summed E-state index contributed by atoms with van der Waals surface area (Å²) in [6.45, 7) is 7.35. The Labute approximate surface area is 138 Å². The van der Waals surface area contributed by atoms with Crippen LogP contribution in [-0.4, -0.2) is 43.5 Å². The van der Waals surface area contributed by atoms with Gasteiger partial charge in [0.2, 0.25) is 5.91 Å². The van der Waals surface area contributed by atoms with Crippen LogP contribution in [-0.2, 0) is 4.79 Å². The molecule has 1 saturated heterocycles. The summed E-state index contributed by atoms with van der Waals surface area (Å²) in [7, 11) is 0. The number of hydrogen-bond acceptors (Lipinski definition) is 3. The Morgan fingerprint density at radius 3 is 2.82 bits per heavy atom. The molecular formula is C17H26ClN3O. The van der Waals surface area contributed by atoms with E-state index in [9.17, 15) is 4.79 Å². The number of carbonyl (C=O) groups is 1. The van der Waals surface area contributed by atoms with Gasteiger partial charge in [0.15, 0.2) is 0 Å². The summed E-state index contributed by atoms with van der Waals surface area (Å²) in [5, 5.41) is 6.96. The van der Waals surface area contributed by atoms with Crippen molar-refractivity contribution in [1.82, 2.24) is 10.2 Å². The Balaban J connectivity index is 1.65.